The third kappa shape index (κ3) is 4.30. The predicted octanol–water partition coefficient (Wildman–Crippen LogP) is 4.20. The summed E-state index contributed by atoms with van der Waals surface area (Å²) in [6.07, 6.45) is 1.30. The Hall–Kier alpha value is -2.82. The van der Waals surface area contributed by atoms with Gasteiger partial charge in [0, 0.05) is 30.4 Å². The van der Waals surface area contributed by atoms with Gasteiger partial charge in [0.25, 0.3) is 0 Å². The van der Waals surface area contributed by atoms with Crippen LogP contribution in [0.1, 0.15) is 38.2 Å². The number of rotatable bonds is 6. The van der Waals surface area contributed by atoms with Gasteiger partial charge in [-0.3, -0.25) is 9.59 Å². The maximum Gasteiger partial charge on any atom is 0.229 e. The highest BCUT2D eigenvalue weighted by atomic mass is 16.5. The van der Waals surface area contributed by atoms with Gasteiger partial charge in [0.05, 0.1) is 13.0 Å². The average Bonchev–Trinajstić information content (AvgIpc) is 3.10. The number of carbonyl (C=O) groups excluding carboxylic acids is 2. The second kappa shape index (κ2) is 8.25. The van der Waals surface area contributed by atoms with Gasteiger partial charge in [0.1, 0.15) is 5.75 Å². The molecule has 0 aromatic heterocycles. The molecule has 27 heavy (non-hydrogen) atoms. The van der Waals surface area contributed by atoms with Crippen molar-refractivity contribution in [1.82, 2.24) is 0 Å². The van der Waals surface area contributed by atoms with Crippen molar-refractivity contribution in [3.05, 3.63) is 54.1 Å². The molecule has 1 heterocycles. The van der Waals surface area contributed by atoms with Crippen LogP contribution in [0.2, 0.25) is 0 Å². The number of hydrogen-bond donors (Lipinski definition) is 1. The molecular formula is C22H26N2O3. The van der Waals surface area contributed by atoms with Crippen LogP contribution in [0.4, 0.5) is 11.4 Å². The normalized spacial score (nSPS) is 17.7. The third-order valence-corrected chi connectivity index (χ3v) is 5.22. The second-order valence-corrected chi connectivity index (χ2v) is 7.03. The van der Waals surface area contributed by atoms with Gasteiger partial charge in [0.2, 0.25) is 11.8 Å². The number of carbonyl (C=O) groups is 2. The third-order valence-electron chi connectivity index (χ3n) is 5.22. The number of benzene rings is 2. The van der Waals surface area contributed by atoms with Crippen LogP contribution < -0.4 is 15.0 Å². The number of amides is 2. The molecule has 1 aliphatic rings. The highest BCUT2D eigenvalue weighted by Crippen LogP contribution is 2.29. The molecule has 0 aliphatic carbocycles. The SMILES string of the molecule is CC[C@@H](C)c1ccc(NC(=O)[C@H]2CC(=O)N(c3cccc(OC)c3)C2)cc1. The molecule has 1 N–H and O–H groups in total. The summed E-state index contributed by atoms with van der Waals surface area (Å²) in [4.78, 5) is 26.7. The zero-order chi connectivity index (χ0) is 19.4. The summed E-state index contributed by atoms with van der Waals surface area (Å²) in [5.41, 5.74) is 2.78. The Morgan fingerprint density at radius 2 is 2.00 bits per heavy atom. The van der Waals surface area contributed by atoms with Gasteiger partial charge in [-0.05, 0) is 42.2 Å². The lowest BCUT2D eigenvalue weighted by Gasteiger charge is -2.17. The van der Waals surface area contributed by atoms with Gasteiger partial charge < -0.3 is 15.0 Å². The molecule has 2 aromatic carbocycles. The molecule has 2 atom stereocenters. The fourth-order valence-corrected chi connectivity index (χ4v) is 3.29. The Morgan fingerprint density at radius 1 is 1.26 bits per heavy atom. The lowest BCUT2D eigenvalue weighted by molar-refractivity contribution is -0.122. The largest absolute Gasteiger partial charge is 0.497 e. The predicted molar refractivity (Wildman–Crippen MR) is 107 cm³/mol. The van der Waals surface area contributed by atoms with Crippen molar-refractivity contribution in [2.24, 2.45) is 5.92 Å². The summed E-state index contributed by atoms with van der Waals surface area (Å²) in [7, 11) is 1.59. The average molecular weight is 366 g/mol. The van der Waals surface area contributed by atoms with Crippen LogP contribution in [0.3, 0.4) is 0 Å². The molecule has 2 amide bonds. The van der Waals surface area contributed by atoms with Crippen LogP contribution in [0.25, 0.3) is 0 Å². The van der Waals surface area contributed by atoms with Crippen molar-refractivity contribution in [2.75, 3.05) is 23.9 Å². The van der Waals surface area contributed by atoms with Crippen molar-refractivity contribution in [3.8, 4) is 5.75 Å². The lowest BCUT2D eigenvalue weighted by atomic mass is 9.98. The molecule has 142 valence electrons. The Morgan fingerprint density at radius 3 is 2.67 bits per heavy atom. The molecule has 1 aliphatic heterocycles. The smallest absolute Gasteiger partial charge is 0.229 e. The summed E-state index contributed by atoms with van der Waals surface area (Å²) in [5.74, 6) is 0.659. The first kappa shape index (κ1) is 19.0. The fraction of sp³-hybridized carbons (Fsp3) is 0.364. The van der Waals surface area contributed by atoms with E-state index in [1.807, 2.05) is 48.5 Å². The van der Waals surface area contributed by atoms with Crippen LogP contribution in [0, 0.1) is 5.92 Å². The van der Waals surface area contributed by atoms with Crippen molar-refractivity contribution in [1.29, 1.82) is 0 Å². The van der Waals surface area contributed by atoms with E-state index in [-0.39, 0.29) is 24.2 Å². The maximum atomic E-state index is 12.6. The zero-order valence-electron chi connectivity index (χ0n) is 16.1. The van der Waals surface area contributed by atoms with Crippen molar-refractivity contribution >= 4 is 23.2 Å². The first-order valence-corrected chi connectivity index (χ1v) is 9.37. The summed E-state index contributed by atoms with van der Waals surface area (Å²) in [6.45, 7) is 4.72. The number of ether oxygens (including phenoxy) is 1. The van der Waals surface area contributed by atoms with E-state index in [9.17, 15) is 9.59 Å². The van der Waals surface area contributed by atoms with E-state index in [0.29, 0.717) is 18.2 Å². The van der Waals surface area contributed by atoms with Crippen molar-refractivity contribution < 1.29 is 14.3 Å². The molecule has 5 nitrogen and oxygen atoms in total. The first-order valence-electron chi connectivity index (χ1n) is 9.37. The molecular weight excluding hydrogens is 340 g/mol. The Labute approximate surface area is 160 Å². The first-order chi connectivity index (χ1) is 13.0. The highest BCUT2D eigenvalue weighted by Gasteiger charge is 2.35. The van der Waals surface area contributed by atoms with Crippen LogP contribution in [0.15, 0.2) is 48.5 Å². The summed E-state index contributed by atoms with van der Waals surface area (Å²) < 4.78 is 5.22. The van der Waals surface area contributed by atoms with E-state index in [1.54, 1.807) is 12.0 Å². The Balaban J connectivity index is 1.65. The Bertz CT molecular complexity index is 817. The summed E-state index contributed by atoms with van der Waals surface area (Å²) >= 11 is 0. The van der Waals surface area contributed by atoms with E-state index in [1.165, 1.54) is 5.56 Å². The Kier molecular flexibility index (Phi) is 5.79. The van der Waals surface area contributed by atoms with Gasteiger partial charge in [0.15, 0.2) is 0 Å². The van der Waals surface area contributed by atoms with Crippen molar-refractivity contribution in [2.45, 2.75) is 32.6 Å². The van der Waals surface area contributed by atoms with E-state index in [0.717, 1.165) is 17.8 Å². The molecule has 2 aromatic rings. The van der Waals surface area contributed by atoms with Crippen LogP contribution in [0.5, 0.6) is 5.75 Å². The van der Waals surface area contributed by atoms with Crippen LogP contribution in [-0.2, 0) is 9.59 Å². The number of nitrogens with one attached hydrogen (secondary N) is 1. The zero-order valence-corrected chi connectivity index (χ0v) is 16.1. The number of anilines is 2. The summed E-state index contributed by atoms with van der Waals surface area (Å²) in [6, 6.07) is 15.3. The number of hydrogen-bond acceptors (Lipinski definition) is 3. The number of nitrogens with zero attached hydrogens (tertiary/aromatic N) is 1. The van der Waals surface area contributed by atoms with Gasteiger partial charge in [-0.1, -0.05) is 32.0 Å². The molecule has 0 spiro atoms. The minimum absolute atomic E-state index is 0.0458. The molecule has 0 radical (unpaired) electrons. The molecule has 0 saturated carbocycles. The van der Waals surface area contributed by atoms with E-state index in [4.69, 9.17) is 4.74 Å². The van der Waals surface area contributed by atoms with E-state index < -0.39 is 0 Å². The molecule has 1 saturated heterocycles. The lowest BCUT2D eigenvalue weighted by Crippen LogP contribution is -2.28. The van der Waals surface area contributed by atoms with Crippen LogP contribution in [-0.4, -0.2) is 25.5 Å². The molecule has 5 heteroatoms. The maximum absolute atomic E-state index is 12.6. The minimum atomic E-state index is -0.363. The quantitative estimate of drug-likeness (QED) is 0.833. The van der Waals surface area contributed by atoms with Gasteiger partial charge in [-0.15, -0.1) is 0 Å². The highest BCUT2D eigenvalue weighted by molar-refractivity contribution is 6.03. The molecule has 1 fully saturated rings. The molecule has 0 bridgehead atoms. The van der Waals surface area contributed by atoms with Gasteiger partial charge >= 0.3 is 0 Å². The molecule has 0 unspecified atom stereocenters. The van der Waals surface area contributed by atoms with E-state index in [2.05, 4.69) is 19.2 Å². The monoisotopic (exact) mass is 366 g/mol. The van der Waals surface area contributed by atoms with Crippen molar-refractivity contribution in [3.63, 3.8) is 0 Å². The standard InChI is InChI=1S/C22H26N2O3/c1-4-15(2)16-8-10-18(11-9-16)23-22(26)17-12-21(25)24(14-17)19-6-5-7-20(13-19)27-3/h5-11,13,15,17H,4,12,14H2,1-3H3,(H,23,26)/t15-,17+/m1/s1. The minimum Gasteiger partial charge on any atom is -0.497 e. The van der Waals surface area contributed by atoms with Gasteiger partial charge in [-0.2, -0.15) is 0 Å². The fourth-order valence-electron chi connectivity index (χ4n) is 3.29. The van der Waals surface area contributed by atoms with Gasteiger partial charge in [-0.25, -0.2) is 0 Å². The molecule has 3 rings (SSSR count). The topological polar surface area (TPSA) is 58.6 Å². The van der Waals surface area contributed by atoms with Crippen LogP contribution >= 0.6 is 0 Å². The number of methoxy groups -OCH3 is 1. The summed E-state index contributed by atoms with van der Waals surface area (Å²) in [5, 5.41) is 2.94. The van der Waals surface area contributed by atoms with E-state index >= 15 is 0 Å². The second-order valence-electron chi connectivity index (χ2n) is 7.03.